The first-order valence-corrected chi connectivity index (χ1v) is 8.72. The molecule has 21 heavy (non-hydrogen) atoms. The molecule has 1 aromatic carbocycles. The van der Waals surface area contributed by atoms with Crippen molar-refractivity contribution in [3.05, 3.63) is 34.9 Å². The van der Waals surface area contributed by atoms with Crippen molar-refractivity contribution in [1.82, 2.24) is 5.32 Å². The second-order valence-electron chi connectivity index (χ2n) is 7.54. The van der Waals surface area contributed by atoms with Gasteiger partial charge in [-0.3, -0.25) is 0 Å². The summed E-state index contributed by atoms with van der Waals surface area (Å²) in [5, 5.41) is 3.47. The van der Waals surface area contributed by atoms with Crippen molar-refractivity contribution in [3.8, 4) is 0 Å². The smallest absolute Gasteiger partial charge is 0.00884 e. The Kier molecular flexibility index (Phi) is 5.14. The molecule has 0 unspecified atom stereocenters. The monoisotopic (exact) mass is 287 g/mol. The van der Waals surface area contributed by atoms with Gasteiger partial charge >= 0.3 is 0 Å². The molecule has 1 aromatic rings. The van der Waals surface area contributed by atoms with Crippen LogP contribution in [0.3, 0.4) is 0 Å². The van der Waals surface area contributed by atoms with Crippen LogP contribution in [-0.2, 0) is 5.41 Å². The summed E-state index contributed by atoms with van der Waals surface area (Å²) < 4.78 is 0. The van der Waals surface area contributed by atoms with Gasteiger partial charge in [-0.05, 0) is 57.6 Å². The van der Waals surface area contributed by atoms with Crippen LogP contribution in [0.4, 0.5) is 0 Å². The van der Waals surface area contributed by atoms with E-state index >= 15 is 0 Å². The topological polar surface area (TPSA) is 12.0 Å². The third-order valence-electron chi connectivity index (χ3n) is 5.34. The second-order valence-corrected chi connectivity index (χ2v) is 7.54. The lowest BCUT2D eigenvalue weighted by molar-refractivity contribution is 0.00383. The average molecular weight is 287 g/mol. The van der Waals surface area contributed by atoms with Gasteiger partial charge in [0.05, 0.1) is 0 Å². The highest BCUT2D eigenvalue weighted by Crippen LogP contribution is 2.60. The maximum absolute atomic E-state index is 3.47. The van der Waals surface area contributed by atoms with Gasteiger partial charge in [0.1, 0.15) is 0 Å². The molecule has 0 saturated heterocycles. The lowest BCUT2D eigenvalue weighted by Crippen LogP contribution is -2.54. The number of aryl methyl sites for hydroxylation is 2. The zero-order chi connectivity index (χ0) is 15.5. The highest BCUT2D eigenvalue weighted by molar-refractivity contribution is 5.37. The summed E-state index contributed by atoms with van der Waals surface area (Å²) in [6, 6.07) is 7.14. The molecule has 1 aliphatic rings. The molecule has 0 radical (unpaired) electrons. The van der Waals surface area contributed by atoms with Gasteiger partial charge in [0, 0.05) is 12.0 Å². The molecular formula is C20H33N. The lowest BCUT2D eigenvalue weighted by atomic mass is 9.47. The Morgan fingerprint density at radius 1 is 0.952 bits per heavy atom. The molecule has 1 fully saturated rings. The molecule has 0 heterocycles. The third kappa shape index (κ3) is 3.34. The quantitative estimate of drug-likeness (QED) is 0.732. The SMILES string of the molecule is CCCC1(CCC)CC(CNC)(c2cc(C)cc(C)c2)C1. The number of nitrogens with one attached hydrogen (secondary N) is 1. The normalized spacial score (nSPS) is 19.3. The maximum Gasteiger partial charge on any atom is 0.00884 e. The van der Waals surface area contributed by atoms with E-state index in [0.717, 1.165) is 6.54 Å². The van der Waals surface area contributed by atoms with Gasteiger partial charge in [0.2, 0.25) is 0 Å². The number of hydrogen-bond acceptors (Lipinski definition) is 1. The van der Waals surface area contributed by atoms with Crippen molar-refractivity contribution >= 4 is 0 Å². The Balaban J connectivity index is 2.28. The van der Waals surface area contributed by atoms with Gasteiger partial charge in [0.25, 0.3) is 0 Å². The summed E-state index contributed by atoms with van der Waals surface area (Å²) >= 11 is 0. The Morgan fingerprint density at radius 3 is 1.90 bits per heavy atom. The summed E-state index contributed by atoms with van der Waals surface area (Å²) in [4.78, 5) is 0. The van der Waals surface area contributed by atoms with Crippen molar-refractivity contribution in [2.24, 2.45) is 5.41 Å². The van der Waals surface area contributed by atoms with E-state index in [2.05, 4.69) is 58.3 Å². The van der Waals surface area contributed by atoms with E-state index in [1.807, 2.05) is 0 Å². The molecular weight excluding hydrogens is 254 g/mol. The maximum atomic E-state index is 3.47. The van der Waals surface area contributed by atoms with Crippen LogP contribution in [-0.4, -0.2) is 13.6 Å². The number of benzene rings is 1. The molecule has 0 spiro atoms. The van der Waals surface area contributed by atoms with E-state index in [1.165, 1.54) is 49.7 Å². The third-order valence-corrected chi connectivity index (χ3v) is 5.34. The summed E-state index contributed by atoms with van der Waals surface area (Å²) in [6.07, 6.45) is 8.18. The van der Waals surface area contributed by atoms with Gasteiger partial charge in [-0.15, -0.1) is 0 Å². The molecule has 118 valence electrons. The van der Waals surface area contributed by atoms with Crippen LogP contribution in [0, 0.1) is 19.3 Å². The van der Waals surface area contributed by atoms with Crippen LogP contribution >= 0.6 is 0 Å². The molecule has 1 N–H and O–H groups in total. The zero-order valence-corrected chi connectivity index (χ0v) is 14.7. The number of rotatable bonds is 7. The van der Waals surface area contributed by atoms with Crippen LogP contribution in [0.2, 0.25) is 0 Å². The summed E-state index contributed by atoms with van der Waals surface area (Å²) in [5.74, 6) is 0. The minimum absolute atomic E-state index is 0.371. The fourth-order valence-electron chi connectivity index (χ4n) is 4.97. The van der Waals surface area contributed by atoms with E-state index in [9.17, 15) is 0 Å². The first-order chi connectivity index (χ1) is 9.99. The van der Waals surface area contributed by atoms with Gasteiger partial charge < -0.3 is 5.32 Å². The van der Waals surface area contributed by atoms with Crippen molar-refractivity contribution in [1.29, 1.82) is 0 Å². The average Bonchev–Trinajstić information content (AvgIpc) is 2.36. The molecule has 0 aliphatic heterocycles. The number of hydrogen-bond donors (Lipinski definition) is 1. The van der Waals surface area contributed by atoms with Gasteiger partial charge in [-0.25, -0.2) is 0 Å². The molecule has 0 bridgehead atoms. The Morgan fingerprint density at radius 2 is 1.48 bits per heavy atom. The fraction of sp³-hybridized carbons (Fsp3) is 0.700. The number of likely N-dealkylation sites (N-methyl/N-ethyl adjacent to an activating group) is 1. The van der Waals surface area contributed by atoms with Crippen LogP contribution in [0.15, 0.2) is 18.2 Å². The van der Waals surface area contributed by atoms with Crippen LogP contribution in [0.25, 0.3) is 0 Å². The van der Waals surface area contributed by atoms with E-state index in [0.29, 0.717) is 10.8 Å². The van der Waals surface area contributed by atoms with Crippen molar-refractivity contribution in [3.63, 3.8) is 0 Å². The molecule has 1 heteroatoms. The van der Waals surface area contributed by atoms with Crippen LogP contribution < -0.4 is 5.32 Å². The predicted octanol–water partition coefficient (Wildman–Crippen LogP) is 5.14. The standard InChI is InChI=1S/C20H33N/c1-6-8-19(9-7-2)13-20(14-19,15-21-5)18-11-16(3)10-17(4)12-18/h10-12,21H,6-9,13-15H2,1-5H3. The van der Waals surface area contributed by atoms with E-state index in [4.69, 9.17) is 0 Å². The summed E-state index contributed by atoms with van der Waals surface area (Å²) in [7, 11) is 2.10. The second kappa shape index (κ2) is 6.52. The van der Waals surface area contributed by atoms with Crippen molar-refractivity contribution < 1.29 is 0 Å². The minimum Gasteiger partial charge on any atom is -0.319 e. The summed E-state index contributed by atoms with van der Waals surface area (Å²) in [5.41, 5.74) is 5.36. The molecule has 1 nitrogen and oxygen atoms in total. The predicted molar refractivity (Wildman–Crippen MR) is 93.0 cm³/mol. The molecule has 2 rings (SSSR count). The van der Waals surface area contributed by atoms with Crippen LogP contribution in [0.5, 0.6) is 0 Å². The largest absolute Gasteiger partial charge is 0.319 e. The Hall–Kier alpha value is -0.820. The first-order valence-electron chi connectivity index (χ1n) is 8.72. The Labute approximate surface area is 131 Å². The van der Waals surface area contributed by atoms with Gasteiger partial charge in [0.15, 0.2) is 0 Å². The van der Waals surface area contributed by atoms with Crippen LogP contribution in [0.1, 0.15) is 69.1 Å². The van der Waals surface area contributed by atoms with E-state index in [-0.39, 0.29) is 0 Å². The molecule has 0 atom stereocenters. The van der Waals surface area contributed by atoms with E-state index < -0.39 is 0 Å². The fourth-order valence-corrected chi connectivity index (χ4v) is 4.97. The van der Waals surface area contributed by atoms with Gasteiger partial charge in [-0.1, -0.05) is 56.0 Å². The lowest BCUT2D eigenvalue weighted by Gasteiger charge is -2.58. The Bertz CT molecular complexity index is 440. The molecule has 0 amide bonds. The molecule has 1 saturated carbocycles. The minimum atomic E-state index is 0.371. The zero-order valence-electron chi connectivity index (χ0n) is 14.7. The first kappa shape index (κ1) is 16.5. The highest BCUT2D eigenvalue weighted by atomic mass is 14.8. The summed E-state index contributed by atoms with van der Waals surface area (Å²) in [6.45, 7) is 10.3. The van der Waals surface area contributed by atoms with Crippen molar-refractivity contribution in [2.45, 2.75) is 71.6 Å². The highest BCUT2D eigenvalue weighted by Gasteiger charge is 2.53. The van der Waals surface area contributed by atoms with Crippen molar-refractivity contribution in [2.75, 3.05) is 13.6 Å². The van der Waals surface area contributed by atoms with E-state index in [1.54, 1.807) is 5.56 Å². The molecule has 1 aliphatic carbocycles. The molecule has 0 aromatic heterocycles. The van der Waals surface area contributed by atoms with Gasteiger partial charge in [-0.2, -0.15) is 0 Å².